The molecule has 0 aliphatic rings. The molecule has 0 aromatic heterocycles. The summed E-state index contributed by atoms with van der Waals surface area (Å²) < 4.78 is 1.84. The fraction of sp³-hybridized carbons (Fsp3) is 0.0769. The van der Waals surface area contributed by atoms with Crippen LogP contribution in [0.15, 0.2) is 24.3 Å². The largest absolute Gasteiger partial charge is 0.296 e. The van der Waals surface area contributed by atoms with Gasteiger partial charge in [-0.05, 0) is 86.3 Å². The summed E-state index contributed by atoms with van der Waals surface area (Å²) in [6.07, 6.45) is 0. The van der Waals surface area contributed by atoms with Crippen molar-refractivity contribution in [2.45, 2.75) is 6.92 Å². The van der Waals surface area contributed by atoms with Crippen LogP contribution in [-0.2, 0) is 0 Å². The summed E-state index contributed by atoms with van der Waals surface area (Å²) in [6.45, 7) is 1.66. The Morgan fingerprint density at radius 1 is 0.955 bits per heavy atom. The molecule has 0 aliphatic heterocycles. The van der Waals surface area contributed by atoms with Crippen molar-refractivity contribution in [1.82, 2.24) is 0 Å². The zero-order chi connectivity index (χ0) is 16.6. The highest BCUT2D eigenvalue weighted by Gasteiger charge is 2.24. The molecule has 0 bridgehead atoms. The maximum Gasteiger partial charge on any atom is 0.296 e. The second-order valence-electron chi connectivity index (χ2n) is 4.39. The number of hydrogen-bond donors (Lipinski definition) is 0. The Hall–Kier alpha value is -0.570. The van der Waals surface area contributed by atoms with Gasteiger partial charge in [0.25, 0.3) is 11.4 Å². The van der Waals surface area contributed by atoms with Gasteiger partial charge in [-0.3, -0.25) is 20.2 Å². The van der Waals surface area contributed by atoms with E-state index in [0.29, 0.717) is 23.8 Å². The Balaban J connectivity index is 2.78. The number of halogens is 3. The monoisotopic (exact) mass is 636 g/mol. The first kappa shape index (κ1) is 17.8. The minimum absolute atomic E-state index is 0.00491. The summed E-state index contributed by atoms with van der Waals surface area (Å²) in [5.74, 6) is 0. The number of benzene rings is 2. The van der Waals surface area contributed by atoms with Crippen molar-refractivity contribution in [1.29, 1.82) is 0 Å². The number of aryl methyl sites for hydroxylation is 1. The molecule has 0 heterocycles. The molecule has 0 radical (unpaired) electrons. The molecule has 0 fully saturated rings. The van der Waals surface area contributed by atoms with Gasteiger partial charge in [-0.1, -0.05) is 12.1 Å². The third kappa shape index (κ3) is 3.34. The molecule has 0 aliphatic carbocycles. The van der Waals surface area contributed by atoms with Gasteiger partial charge < -0.3 is 0 Å². The van der Waals surface area contributed by atoms with Crippen molar-refractivity contribution in [2.75, 3.05) is 0 Å². The number of nitrogens with zero attached hydrogens (tertiary/aromatic N) is 2. The standard InChI is InChI=1S/C13H7I3N2O4/c1-6-2-3-7(4-10(6)17(19)20)11-8(14)5-9(15)13(12(11)16)18(21)22/h2-5H,1H3. The fourth-order valence-corrected chi connectivity index (χ4v) is 6.36. The van der Waals surface area contributed by atoms with Gasteiger partial charge in [-0.15, -0.1) is 0 Å². The van der Waals surface area contributed by atoms with E-state index in [1.165, 1.54) is 6.07 Å². The van der Waals surface area contributed by atoms with Gasteiger partial charge >= 0.3 is 0 Å². The van der Waals surface area contributed by atoms with E-state index in [1.807, 2.05) is 45.2 Å². The summed E-state index contributed by atoms with van der Waals surface area (Å²) in [5, 5.41) is 22.3. The zero-order valence-corrected chi connectivity index (χ0v) is 17.4. The van der Waals surface area contributed by atoms with Crippen LogP contribution in [0.5, 0.6) is 0 Å². The van der Waals surface area contributed by atoms with Crippen molar-refractivity contribution in [3.05, 3.63) is 60.8 Å². The molecule has 0 saturated heterocycles. The van der Waals surface area contributed by atoms with Crippen LogP contribution >= 0.6 is 67.8 Å². The van der Waals surface area contributed by atoms with Crippen LogP contribution in [0.1, 0.15) is 5.56 Å². The molecule has 0 saturated carbocycles. The molecule has 2 rings (SSSR count). The van der Waals surface area contributed by atoms with Gasteiger partial charge in [0.15, 0.2) is 0 Å². The molecule has 0 spiro atoms. The molecular formula is C13H7I3N2O4. The highest BCUT2D eigenvalue weighted by Crippen LogP contribution is 2.40. The Bertz CT molecular complexity index is 808. The Labute approximate surface area is 166 Å². The Morgan fingerprint density at radius 2 is 1.59 bits per heavy atom. The highest BCUT2D eigenvalue weighted by atomic mass is 127. The van der Waals surface area contributed by atoms with Gasteiger partial charge in [0, 0.05) is 20.8 Å². The van der Waals surface area contributed by atoms with Crippen LogP contribution in [0.3, 0.4) is 0 Å². The SMILES string of the molecule is Cc1ccc(-c2c(I)cc(I)c([N+](=O)[O-])c2I)cc1[N+](=O)[O-]. The summed E-state index contributed by atoms with van der Waals surface area (Å²) in [4.78, 5) is 21.5. The lowest BCUT2D eigenvalue weighted by Crippen LogP contribution is -2.00. The van der Waals surface area contributed by atoms with Gasteiger partial charge in [0.05, 0.1) is 13.4 Å². The van der Waals surface area contributed by atoms with Crippen molar-refractivity contribution in [3.8, 4) is 11.1 Å². The molecule has 2 aromatic carbocycles. The Kier molecular flexibility index (Phi) is 5.58. The van der Waals surface area contributed by atoms with E-state index in [2.05, 4.69) is 22.6 Å². The average molecular weight is 636 g/mol. The van der Waals surface area contributed by atoms with Crippen LogP contribution < -0.4 is 0 Å². The maximum absolute atomic E-state index is 11.3. The topological polar surface area (TPSA) is 86.3 Å². The number of nitro groups is 2. The predicted octanol–water partition coefficient (Wildman–Crippen LogP) is 5.29. The second kappa shape index (κ2) is 6.90. The molecule has 0 N–H and O–H groups in total. The zero-order valence-electron chi connectivity index (χ0n) is 11.0. The minimum Gasteiger partial charge on any atom is -0.258 e. The number of rotatable bonds is 3. The molecular weight excluding hydrogens is 629 g/mol. The minimum atomic E-state index is -0.445. The van der Waals surface area contributed by atoms with E-state index in [9.17, 15) is 20.2 Å². The maximum atomic E-state index is 11.3. The van der Waals surface area contributed by atoms with E-state index in [1.54, 1.807) is 25.1 Å². The van der Waals surface area contributed by atoms with E-state index in [0.717, 1.165) is 3.57 Å². The molecule has 9 heteroatoms. The normalized spacial score (nSPS) is 10.5. The van der Waals surface area contributed by atoms with Crippen molar-refractivity contribution >= 4 is 79.1 Å². The lowest BCUT2D eigenvalue weighted by atomic mass is 10.0. The summed E-state index contributed by atoms with van der Waals surface area (Å²) >= 11 is 5.94. The predicted molar refractivity (Wildman–Crippen MR) is 108 cm³/mol. The molecule has 6 nitrogen and oxygen atoms in total. The van der Waals surface area contributed by atoms with Crippen molar-refractivity contribution in [2.24, 2.45) is 0 Å². The quantitative estimate of drug-likeness (QED) is 0.261. The van der Waals surface area contributed by atoms with E-state index in [-0.39, 0.29) is 11.4 Å². The number of nitro benzene ring substituents is 2. The lowest BCUT2D eigenvalue weighted by molar-refractivity contribution is -0.386. The summed E-state index contributed by atoms with van der Waals surface area (Å²) in [5.41, 5.74) is 1.84. The van der Waals surface area contributed by atoms with Gasteiger partial charge in [-0.2, -0.15) is 0 Å². The fourth-order valence-electron chi connectivity index (χ4n) is 1.97. The van der Waals surface area contributed by atoms with E-state index >= 15 is 0 Å². The molecule has 114 valence electrons. The molecule has 0 unspecified atom stereocenters. The highest BCUT2D eigenvalue weighted by molar-refractivity contribution is 14.1. The van der Waals surface area contributed by atoms with E-state index < -0.39 is 9.85 Å². The first-order valence-corrected chi connectivity index (χ1v) is 9.05. The summed E-state index contributed by atoms with van der Waals surface area (Å²) in [7, 11) is 0. The molecule has 2 aromatic rings. The molecule has 0 amide bonds. The van der Waals surface area contributed by atoms with Gasteiger partial charge in [0.1, 0.15) is 3.57 Å². The first-order chi connectivity index (χ1) is 10.2. The van der Waals surface area contributed by atoms with Crippen molar-refractivity contribution in [3.63, 3.8) is 0 Å². The van der Waals surface area contributed by atoms with Crippen LogP contribution in [0.25, 0.3) is 11.1 Å². The average Bonchev–Trinajstić information content (AvgIpc) is 2.39. The molecule has 0 atom stereocenters. The van der Waals surface area contributed by atoms with Gasteiger partial charge in [-0.25, -0.2) is 0 Å². The lowest BCUT2D eigenvalue weighted by Gasteiger charge is -2.10. The van der Waals surface area contributed by atoms with E-state index in [4.69, 9.17) is 0 Å². The van der Waals surface area contributed by atoms with Crippen LogP contribution in [0.2, 0.25) is 0 Å². The third-order valence-electron chi connectivity index (χ3n) is 3.02. The third-order valence-corrected chi connectivity index (χ3v) is 5.75. The smallest absolute Gasteiger partial charge is 0.258 e. The van der Waals surface area contributed by atoms with Crippen LogP contribution in [0, 0.1) is 37.9 Å². The second-order valence-corrected chi connectivity index (χ2v) is 7.80. The molecule has 22 heavy (non-hydrogen) atoms. The van der Waals surface area contributed by atoms with Crippen molar-refractivity contribution < 1.29 is 9.85 Å². The summed E-state index contributed by atoms with van der Waals surface area (Å²) in [6, 6.07) is 6.58. The van der Waals surface area contributed by atoms with Crippen LogP contribution in [-0.4, -0.2) is 9.85 Å². The first-order valence-electron chi connectivity index (χ1n) is 5.81. The van der Waals surface area contributed by atoms with Gasteiger partial charge in [0.2, 0.25) is 0 Å². The van der Waals surface area contributed by atoms with Crippen LogP contribution in [0.4, 0.5) is 11.4 Å². The Morgan fingerprint density at radius 3 is 2.14 bits per heavy atom. The number of hydrogen-bond acceptors (Lipinski definition) is 4.